The minimum absolute atomic E-state index is 0.0519. The van der Waals surface area contributed by atoms with E-state index < -0.39 is 11.6 Å². The largest absolute Gasteiger partial charge is 0.510 e. The van der Waals surface area contributed by atoms with Crippen LogP contribution in [0.25, 0.3) is 9.69 Å². The molecule has 132 valence electrons. The van der Waals surface area contributed by atoms with Crippen LogP contribution in [0.3, 0.4) is 0 Å². The number of esters is 1. The molecule has 2 bridgehead atoms. The van der Waals surface area contributed by atoms with Crippen LogP contribution in [0.4, 0.5) is 0 Å². The van der Waals surface area contributed by atoms with Gasteiger partial charge in [-0.15, -0.1) is 0 Å². The van der Waals surface area contributed by atoms with E-state index in [9.17, 15) is 9.59 Å². The van der Waals surface area contributed by atoms with Crippen molar-refractivity contribution in [3.8, 4) is 0 Å². The third-order valence-electron chi connectivity index (χ3n) is 6.29. The Kier molecular flexibility index (Phi) is 3.84. The van der Waals surface area contributed by atoms with Crippen LogP contribution in [-0.2, 0) is 14.3 Å². The van der Waals surface area contributed by atoms with E-state index in [0.717, 1.165) is 36.0 Å². The van der Waals surface area contributed by atoms with Gasteiger partial charge >= 0.3 is 11.6 Å². The van der Waals surface area contributed by atoms with Crippen LogP contribution in [0.2, 0.25) is 0 Å². The highest BCUT2D eigenvalue weighted by atomic mass is 16.5. The summed E-state index contributed by atoms with van der Waals surface area (Å²) in [4.78, 5) is 31.3. The second kappa shape index (κ2) is 5.95. The van der Waals surface area contributed by atoms with Crippen molar-refractivity contribution in [2.75, 3.05) is 6.61 Å². The summed E-state index contributed by atoms with van der Waals surface area (Å²) >= 11 is 0. The van der Waals surface area contributed by atoms with Gasteiger partial charge in [0.1, 0.15) is 18.6 Å². The molecule has 5 nitrogen and oxygen atoms in total. The summed E-state index contributed by atoms with van der Waals surface area (Å²) in [5.41, 5.74) is 1.83. The van der Waals surface area contributed by atoms with Crippen LogP contribution in [0.1, 0.15) is 39.0 Å². The zero-order chi connectivity index (χ0) is 18.5. The van der Waals surface area contributed by atoms with Crippen LogP contribution < -0.4 is 0 Å². The van der Waals surface area contributed by atoms with Crippen molar-refractivity contribution in [2.24, 2.45) is 17.8 Å². The number of carbonyl (C=O) groups excluding carboxylic acids is 2. The molecule has 0 N–H and O–H groups in total. The number of ketones is 1. The van der Waals surface area contributed by atoms with Crippen molar-refractivity contribution in [1.29, 1.82) is 0 Å². The van der Waals surface area contributed by atoms with Crippen LogP contribution in [0.15, 0.2) is 34.4 Å². The molecule has 1 saturated carbocycles. The monoisotopic (exact) mass is 348 g/mol. The number of fused-ring (bicyclic) bond motifs is 5. The van der Waals surface area contributed by atoms with E-state index in [-0.39, 0.29) is 31.1 Å². The molecule has 4 rings (SSSR count). The molecule has 4 aliphatic rings. The van der Waals surface area contributed by atoms with Gasteiger partial charge in [-0.3, -0.25) is 9.59 Å². The van der Waals surface area contributed by atoms with Crippen molar-refractivity contribution >= 4 is 11.8 Å². The number of Topliss-reactive ketones (excluding diaryl/α,β-unsaturated/α-hetero) is 1. The molecule has 4 aliphatic carbocycles. The van der Waals surface area contributed by atoms with Gasteiger partial charge in [-0.05, 0) is 42.2 Å². The van der Waals surface area contributed by atoms with Crippen molar-refractivity contribution in [1.82, 2.24) is 0 Å². The van der Waals surface area contributed by atoms with Crippen LogP contribution in [-0.4, -0.2) is 24.0 Å². The van der Waals surface area contributed by atoms with Crippen molar-refractivity contribution < 1.29 is 14.3 Å². The second-order valence-electron chi connectivity index (χ2n) is 7.73. The van der Waals surface area contributed by atoms with Gasteiger partial charge in [0.05, 0.1) is 0 Å². The first kappa shape index (κ1) is 16.8. The first-order valence-corrected chi connectivity index (χ1v) is 9.06. The molecular weight excluding hydrogens is 328 g/mol. The zero-order valence-electron chi connectivity index (χ0n) is 14.7. The Balaban J connectivity index is 1.85. The summed E-state index contributed by atoms with van der Waals surface area (Å²) < 4.78 is 5.08. The van der Waals surface area contributed by atoms with Crippen LogP contribution in [0.5, 0.6) is 0 Å². The highest BCUT2D eigenvalue weighted by Crippen LogP contribution is 2.54. The molecule has 1 fully saturated rings. The summed E-state index contributed by atoms with van der Waals surface area (Å²) in [5, 5.41) is 0. The predicted molar refractivity (Wildman–Crippen MR) is 94.3 cm³/mol. The molecule has 26 heavy (non-hydrogen) atoms. The number of carbonyl (C=O) groups is 2. The van der Waals surface area contributed by atoms with Crippen molar-refractivity contribution in [3.63, 3.8) is 0 Å². The summed E-state index contributed by atoms with van der Waals surface area (Å²) in [6, 6.07) is 0. The van der Waals surface area contributed by atoms with Gasteiger partial charge in [-0.2, -0.15) is 0 Å². The number of nitrogens with zero attached hydrogens (tertiary/aromatic N) is 2. The quantitative estimate of drug-likeness (QED) is 0.435. The second-order valence-corrected chi connectivity index (χ2v) is 7.73. The molecule has 0 heterocycles. The molecule has 0 aromatic rings. The summed E-state index contributed by atoms with van der Waals surface area (Å²) in [7, 11) is 0. The topological polar surface area (TPSA) is 52.1 Å². The maximum Gasteiger partial charge on any atom is 0.510 e. The third kappa shape index (κ3) is 2.42. The zero-order valence-corrected chi connectivity index (χ0v) is 14.7. The van der Waals surface area contributed by atoms with E-state index in [1.165, 1.54) is 6.92 Å². The number of ether oxygens (including phenoxy) is 1. The lowest BCUT2D eigenvalue weighted by Gasteiger charge is -2.27. The molecule has 0 spiro atoms. The summed E-state index contributed by atoms with van der Waals surface area (Å²) in [5.74, 6) is 0.519. The number of hydrogen-bond acceptors (Lipinski definition) is 3. The van der Waals surface area contributed by atoms with Gasteiger partial charge in [0.15, 0.2) is 5.78 Å². The minimum atomic E-state index is -1.27. The fraction of sp³-hybridized carbons (Fsp3) is 0.524. The number of allylic oxidation sites excluding steroid dienone is 3. The Bertz CT molecular complexity index is 864. The standard InChI is InChI=1S/C21H20N2O3/c1-12(24)26-11-18-17-10-21(22-2,23-3)19-7-13-4-5-14(6-13)16(19)8-15(17)9-20(18)25/h7-8,13-14,16H,4-6,9-11H2,1H3/t13-,14?,16-/m0/s1. The summed E-state index contributed by atoms with van der Waals surface area (Å²) in [6.45, 7) is 16.9. The van der Waals surface area contributed by atoms with E-state index in [1.54, 1.807) is 0 Å². The van der Waals surface area contributed by atoms with E-state index in [1.807, 2.05) is 0 Å². The van der Waals surface area contributed by atoms with Gasteiger partial charge in [-0.1, -0.05) is 12.2 Å². The normalized spacial score (nSPS) is 31.0. The van der Waals surface area contributed by atoms with E-state index >= 15 is 0 Å². The van der Waals surface area contributed by atoms with E-state index in [4.69, 9.17) is 17.9 Å². The van der Waals surface area contributed by atoms with E-state index in [2.05, 4.69) is 21.8 Å². The lowest BCUT2D eigenvalue weighted by atomic mass is 9.74. The maximum absolute atomic E-state index is 12.5. The Morgan fingerprint density at radius 1 is 1.31 bits per heavy atom. The first-order valence-electron chi connectivity index (χ1n) is 9.06. The van der Waals surface area contributed by atoms with Gasteiger partial charge in [0.25, 0.3) is 0 Å². The highest BCUT2D eigenvalue weighted by Gasteiger charge is 2.58. The Hall–Kier alpha value is -2.66. The SMILES string of the molecule is [C-]#[N+]C1([N+]#[C-])CC2=C(COC(C)=O)C(=O)CC2=C[C@@H]2C1=C[C@H]1CCC2C1. The molecule has 0 aromatic carbocycles. The molecule has 0 aliphatic heterocycles. The first-order chi connectivity index (χ1) is 12.5. The molecule has 0 radical (unpaired) electrons. The molecule has 1 unspecified atom stereocenters. The number of hydrogen-bond donors (Lipinski definition) is 0. The lowest BCUT2D eigenvalue weighted by Crippen LogP contribution is -2.31. The molecule has 5 heteroatoms. The fourth-order valence-corrected chi connectivity index (χ4v) is 5.04. The van der Waals surface area contributed by atoms with Gasteiger partial charge < -0.3 is 4.74 Å². The number of rotatable bonds is 2. The molecular formula is C21H20N2O3. The van der Waals surface area contributed by atoms with Crippen molar-refractivity contribution in [3.05, 3.63) is 57.3 Å². The minimum Gasteiger partial charge on any atom is -0.461 e. The lowest BCUT2D eigenvalue weighted by molar-refractivity contribution is -0.140. The Morgan fingerprint density at radius 2 is 2.08 bits per heavy atom. The molecule has 3 atom stereocenters. The van der Waals surface area contributed by atoms with Crippen molar-refractivity contribution in [2.45, 2.75) is 44.7 Å². The average Bonchev–Trinajstić information content (AvgIpc) is 3.10. The average molecular weight is 348 g/mol. The van der Waals surface area contributed by atoms with Crippen LogP contribution in [0, 0.1) is 30.9 Å². The third-order valence-corrected chi connectivity index (χ3v) is 6.29. The molecule has 0 aromatic heterocycles. The fourth-order valence-electron chi connectivity index (χ4n) is 5.04. The Labute approximate surface area is 153 Å². The Morgan fingerprint density at radius 3 is 2.77 bits per heavy atom. The smallest absolute Gasteiger partial charge is 0.461 e. The molecule has 0 amide bonds. The molecule has 0 saturated heterocycles. The van der Waals surface area contributed by atoms with E-state index in [0.29, 0.717) is 17.4 Å². The predicted octanol–water partition coefficient (Wildman–Crippen LogP) is 3.66. The van der Waals surface area contributed by atoms with Gasteiger partial charge in [0, 0.05) is 24.8 Å². The van der Waals surface area contributed by atoms with Gasteiger partial charge in [0.2, 0.25) is 0 Å². The van der Waals surface area contributed by atoms with Gasteiger partial charge in [-0.25, -0.2) is 22.8 Å². The highest BCUT2D eigenvalue weighted by molar-refractivity contribution is 6.03. The van der Waals surface area contributed by atoms with Crippen LogP contribution >= 0.6 is 0 Å². The maximum atomic E-state index is 12.5. The summed E-state index contributed by atoms with van der Waals surface area (Å²) in [6.07, 6.45) is 8.17.